The number of rotatable bonds is 2. The lowest BCUT2D eigenvalue weighted by atomic mass is 9.67. The summed E-state index contributed by atoms with van der Waals surface area (Å²) >= 11 is 0. The summed E-state index contributed by atoms with van der Waals surface area (Å²) in [6, 6.07) is 17.2. The van der Waals surface area contributed by atoms with Gasteiger partial charge in [-0.3, -0.25) is 4.79 Å². The molecule has 2 aromatic rings. The lowest BCUT2D eigenvalue weighted by Gasteiger charge is -2.37. The molecular formula is C18H18O2. The van der Waals surface area contributed by atoms with E-state index in [1.54, 1.807) is 0 Å². The fraction of sp³-hybridized carbons (Fsp3) is 0.278. The van der Waals surface area contributed by atoms with Crippen molar-refractivity contribution in [2.45, 2.75) is 25.9 Å². The van der Waals surface area contributed by atoms with Crippen LogP contribution in [0.5, 0.6) is 0 Å². The second-order valence-corrected chi connectivity index (χ2v) is 5.72. The minimum absolute atomic E-state index is 0.0516. The third-order valence-corrected chi connectivity index (χ3v) is 4.41. The highest BCUT2D eigenvalue weighted by Crippen LogP contribution is 2.44. The molecule has 1 aliphatic rings. The van der Waals surface area contributed by atoms with Gasteiger partial charge in [-0.25, -0.2) is 0 Å². The Labute approximate surface area is 119 Å². The van der Waals surface area contributed by atoms with Gasteiger partial charge in [-0.15, -0.1) is 0 Å². The molecule has 0 bridgehead atoms. The van der Waals surface area contributed by atoms with Gasteiger partial charge < -0.3 is 5.11 Å². The Morgan fingerprint density at radius 1 is 1.05 bits per heavy atom. The van der Waals surface area contributed by atoms with Crippen LogP contribution < -0.4 is 0 Å². The van der Waals surface area contributed by atoms with Crippen molar-refractivity contribution in [2.24, 2.45) is 5.41 Å². The Morgan fingerprint density at radius 2 is 1.70 bits per heavy atom. The van der Waals surface area contributed by atoms with Crippen LogP contribution in [-0.4, -0.2) is 10.9 Å². The maximum Gasteiger partial charge on any atom is 0.171 e. The van der Waals surface area contributed by atoms with Crippen molar-refractivity contribution < 1.29 is 9.90 Å². The van der Waals surface area contributed by atoms with Gasteiger partial charge >= 0.3 is 0 Å². The van der Waals surface area contributed by atoms with Gasteiger partial charge in [0.2, 0.25) is 0 Å². The summed E-state index contributed by atoms with van der Waals surface area (Å²) in [6.07, 6.45) is 0.755. The van der Waals surface area contributed by atoms with E-state index in [1.807, 2.05) is 61.5 Å². The van der Waals surface area contributed by atoms with Crippen molar-refractivity contribution in [1.29, 1.82) is 0 Å². The van der Waals surface area contributed by atoms with Gasteiger partial charge in [0, 0.05) is 5.56 Å². The highest BCUT2D eigenvalue weighted by atomic mass is 16.3. The Kier molecular flexibility index (Phi) is 3.19. The number of carbonyl (C=O) groups is 1. The van der Waals surface area contributed by atoms with Crippen LogP contribution in [0.4, 0.5) is 0 Å². The molecule has 0 aromatic heterocycles. The normalized spacial score (nSPS) is 23.2. The van der Waals surface area contributed by atoms with Gasteiger partial charge in [-0.2, -0.15) is 0 Å². The molecule has 102 valence electrons. The minimum atomic E-state index is -0.760. The minimum Gasteiger partial charge on any atom is -0.387 e. The van der Waals surface area contributed by atoms with Crippen LogP contribution in [0.3, 0.4) is 0 Å². The highest BCUT2D eigenvalue weighted by molar-refractivity contribution is 6.03. The summed E-state index contributed by atoms with van der Waals surface area (Å²) in [5.41, 5.74) is 1.92. The maximum absolute atomic E-state index is 12.8. The molecule has 2 heteroatoms. The number of hydrogen-bond acceptors (Lipinski definition) is 2. The molecule has 20 heavy (non-hydrogen) atoms. The van der Waals surface area contributed by atoms with Crippen LogP contribution in [0.1, 0.15) is 40.9 Å². The molecule has 0 saturated carbocycles. The quantitative estimate of drug-likeness (QED) is 0.902. The summed E-state index contributed by atoms with van der Waals surface area (Å²) in [5.74, 6) is 0.0516. The molecule has 2 atom stereocenters. The molecule has 2 aromatic carbocycles. The first-order valence-corrected chi connectivity index (χ1v) is 6.98. The summed E-state index contributed by atoms with van der Waals surface area (Å²) < 4.78 is 0. The van der Waals surface area contributed by atoms with Crippen molar-refractivity contribution in [3.8, 4) is 0 Å². The standard InChI is InChI=1S/C18H18O2/c1-18(16(19)14-8-3-2-4-9-14)12-11-13-7-5-6-10-15(13)17(18)20/h2-10,16,19H,11-12H2,1H3/t16-,18-/m0/s1. The van der Waals surface area contributed by atoms with Gasteiger partial charge in [0.25, 0.3) is 0 Å². The van der Waals surface area contributed by atoms with Crippen molar-refractivity contribution in [3.05, 3.63) is 71.3 Å². The molecule has 0 unspecified atom stereocenters. The third kappa shape index (κ3) is 1.97. The SMILES string of the molecule is C[C@@]1([C@@H](O)c2ccccc2)CCc2ccccc2C1=O. The van der Waals surface area contributed by atoms with Crippen LogP contribution in [0, 0.1) is 5.41 Å². The fourth-order valence-electron chi connectivity index (χ4n) is 3.04. The van der Waals surface area contributed by atoms with Gasteiger partial charge in [0.05, 0.1) is 11.5 Å². The average Bonchev–Trinajstić information content (AvgIpc) is 2.51. The van der Waals surface area contributed by atoms with E-state index in [0.29, 0.717) is 6.42 Å². The lowest BCUT2D eigenvalue weighted by molar-refractivity contribution is 0.0248. The molecule has 0 fully saturated rings. The largest absolute Gasteiger partial charge is 0.387 e. The molecule has 0 aliphatic heterocycles. The Bertz CT molecular complexity index is 633. The fourth-order valence-corrected chi connectivity index (χ4v) is 3.04. The topological polar surface area (TPSA) is 37.3 Å². The van der Waals surface area contributed by atoms with E-state index < -0.39 is 11.5 Å². The van der Waals surface area contributed by atoms with Gasteiger partial charge in [0.15, 0.2) is 5.78 Å². The molecule has 0 saturated heterocycles. The Balaban J connectivity index is 2.00. The monoisotopic (exact) mass is 266 g/mol. The summed E-state index contributed by atoms with van der Waals surface area (Å²) in [4.78, 5) is 12.8. The number of aliphatic hydroxyl groups excluding tert-OH is 1. The number of aryl methyl sites for hydroxylation is 1. The van der Waals surface area contributed by atoms with Crippen LogP contribution >= 0.6 is 0 Å². The molecule has 0 spiro atoms. The molecule has 2 nitrogen and oxygen atoms in total. The van der Waals surface area contributed by atoms with Crippen molar-refractivity contribution in [2.75, 3.05) is 0 Å². The molecule has 1 aliphatic carbocycles. The first kappa shape index (κ1) is 13.1. The van der Waals surface area contributed by atoms with Crippen LogP contribution in [0.2, 0.25) is 0 Å². The van der Waals surface area contributed by atoms with Crippen molar-refractivity contribution >= 4 is 5.78 Å². The highest BCUT2D eigenvalue weighted by Gasteiger charge is 2.44. The molecule has 3 rings (SSSR count). The molecular weight excluding hydrogens is 248 g/mol. The predicted molar refractivity (Wildman–Crippen MR) is 78.6 cm³/mol. The van der Waals surface area contributed by atoms with E-state index >= 15 is 0 Å². The van der Waals surface area contributed by atoms with E-state index in [4.69, 9.17) is 0 Å². The Hall–Kier alpha value is -1.93. The number of Topliss-reactive ketones (excluding diaryl/α,β-unsaturated/α-hetero) is 1. The van der Waals surface area contributed by atoms with Gasteiger partial charge in [0.1, 0.15) is 0 Å². The van der Waals surface area contributed by atoms with E-state index in [0.717, 1.165) is 23.1 Å². The number of ketones is 1. The maximum atomic E-state index is 12.8. The van der Waals surface area contributed by atoms with E-state index in [1.165, 1.54) is 0 Å². The molecule has 0 amide bonds. The van der Waals surface area contributed by atoms with E-state index in [9.17, 15) is 9.90 Å². The third-order valence-electron chi connectivity index (χ3n) is 4.41. The van der Waals surface area contributed by atoms with E-state index in [2.05, 4.69) is 0 Å². The molecule has 1 N–H and O–H groups in total. The van der Waals surface area contributed by atoms with Crippen LogP contribution in [0.15, 0.2) is 54.6 Å². The van der Waals surface area contributed by atoms with Crippen LogP contribution in [-0.2, 0) is 6.42 Å². The number of hydrogen-bond donors (Lipinski definition) is 1. The van der Waals surface area contributed by atoms with Crippen molar-refractivity contribution in [1.82, 2.24) is 0 Å². The van der Waals surface area contributed by atoms with Crippen molar-refractivity contribution in [3.63, 3.8) is 0 Å². The zero-order chi connectivity index (χ0) is 14.2. The van der Waals surface area contributed by atoms with Gasteiger partial charge in [-0.1, -0.05) is 54.6 Å². The van der Waals surface area contributed by atoms with Crippen LogP contribution in [0.25, 0.3) is 0 Å². The lowest BCUT2D eigenvalue weighted by Crippen LogP contribution is -2.38. The summed E-state index contributed by atoms with van der Waals surface area (Å²) in [6.45, 7) is 1.88. The average molecular weight is 266 g/mol. The second kappa shape index (κ2) is 4.88. The summed E-state index contributed by atoms with van der Waals surface area (Å²) in [5, 5.41) is 10.7. The first-order chi connectivity index (χ1) is 9.63. The number of carbonyl (C=O) groups excluding carboxylic acids is 1. The number of benzene rings is 2. The molecule has 0 radical (unpaired) electrons. The zero-order valence-electron chi connectivity index (χ0n) is 11.5. The van der Waals surface area contributed by atoms with E-state index in [-0.39, 0.29) is 5.78 Å². The number of fused-ring (bicyclic) bond motifs is 1. The first-order valence-electron chi connectivity index (χ1n) is 6.98. The zero-order valence-corrected chi connectivity index (χ0v) is 11.5. The van der Waals surface area contributed by atoms with Gasteiger partial charge in [-0.05, 0) is 30.9 Å². The number of aliphatic hydroxyl groups is 1. The predicted octanol–water partition coefficient (Wildman–Crippen LogP) is 3.56. The second-order valence-electron chi connectivity index (χ2n) is 5.72. The molecule has 0 heterocycles. The summed E-state index contributed by atoms with van der Waals surface area (Å²) in [7, 11) is 0. The smallest absolute Gasteiger partial charge is 0.171 e. The Morgan fingerprint density at radius 3 is 2.45 bits per heavy atom.